The maximum atomic E-state index is 13.1. The van der Waals surface area contributed by atoms with Crippen LogP contribution in [0.5, 0.6) is 11.5 Å². The van der Waals surface area contributed by atoms with E-state index in [1.165, 1.54) is 32.4 Å². The van der Waals surface area contributed by atoms with Crippen molar-refractivity contribution in [2.75, 3.05) is 20.8 Å². The van der Waals surface area contributed by atoms with Gasteiger partial charge in [0.2, 0.25) is 0 Å². The van der Waals surface area contributed by atoms with Gasteiger partial charge in [0.25, 0.3) is 0 Å². The summed E-state index contributed by atoms with van der Waals surface area (Å²) in [6.07, 6.45) is -3.33. The van der Waals surface area contributed by atoms with Crippen LogP contribution in [0.4, 0.5) is 13.2 Å². The minimum absolute atomic E-state index is 0.150. The van der Waals surface area contributed by atoms with Gasteiger partial charge < -0.3 is 14.2 Å². The van der Waals surface area contributed by atoms with Gasteiger partial charge in [0, 0.05) is 6.08 Å². The van der Waals surface area contributed by atoms with Crippen LogP contribution in [0.1, 0.15) is 23.6 Å². The summed E-state index contributed by atoms with van der Waals surface area (Å²) in [4.78, 5) is 12.0. The van der Waals surface area contributed by atoms with E-state index >= 15 is 0 Å². The van der Waals surface area contributed by atoms with Crippen LogP contribution in [0.15, 0.2) is 48.5 Å². The van der Waals surface area contributed by atoms with Gasteiger partial charge in [-0.05, 0) is 47.9 Å². The molecule has 0 heterocycles. The summed E-state index contributed by atoms with van der Waals surface area (Å²) in [6, 6.07) is 9.58. The molecular formula is C20H19F3O4. The molecule has 0 aliphatic carbocycles. The minimum atomic E-state index is -4.50. The van der Waals surface area contributed by atoms with Crippen molar-refractivity contribution in [3.8, 4) is 11.5 Å². The highest BCUT2D eigenvalue weighted by Gasteiger charge is 2.30. The van der Waals surface area contributed by atoms with E-state index in [4.69, 9.17) is 14.2 Å². The predicted octanol–water partition coefficient (Wildman–Crippen LogP) is 4.72. The summed E-state index contributed by atoms with van der Waals surface area (Å²) in [5.41, 5.74) is 0.181. The van der Waals surface area contributed by atoms with Gasteiger partial charge >= 0.3 is 12.1 Å². The number of carbonyl (C=O) groups excluding carboxylic acids is 1. The fourth-order valence-electron chi connectivity index (χ4n) is 2.50. The number of ether oxygens (including phenoxy) is 3. The smallest absolute Gasteiger partial charge is 0.416 e. The zero-order chi connectivity index (χ0) is 20.0. The lowest BCUT2D eigenvalue weighted by Gasteiger charge is -2.14. The molecule has 0 saturated carbocycles. The van der Waals surface area contributed by atoms with Crippen LogP contribution >= 0.6 is 0 Å². The van der Waals surface area contributed by atoms with E-state index in [-0.39, 0.29) is 17.7 Å². The standard InChI is InChI=1S/C20H19F3O4/c1-4-27-19(24)12-16(13-6-5-7-15(10-13)20(21,22)23)14-8-9-17(25-2)18(11-14)26-3/h5-12H,4H2,1-3H3. The van der Waals surface area contributed by atoms with Gasteiger partial charge in [0.1, 0.15) is 0 Å². The first-order valence-electron chi connectivity index (χ1n) is 8.08. The molecule has 0 fully saturated rings. The van der Waals surface area contributed by atoms with Gasteiger partial charge in [-0.2, -0.15) is 13.2 Å². The topological polar surface area (TPSA) is 44.8 Å². The maximum Gasteiger partial charge on any atom is 0.416 e. The number of rotatable bonds is 6. The van der Waals surface area contributed by atoms with E-state index in [1.54, 1.807) is 25.1 Å². The van der Waals surface area contributed by atoms with E-state index in [0.29, 0.717) is 17.1 Å². The SMILES string of the molecule is CCOC(=O)C=C(c1cccc(C(F)(F)F)c1)c1ccc(OC)c(OC)c1. The van der Waals surface area contributed by atoms with Crippen molar-refractivity contribution in [2.24, 2.45) is 0 Å². The highest BCUT2D eigenvalue weighted by atomic mass is 19.4. The Balaban J connectivity index is 2.62. The first-order valence-corrected chi connectivity index (χ1v) is 8.08. The van der Waals surface area contributed by atoms with Gasteiger partial charge in [0.05, 0.1) is 26.4 Å². The fraction of sp³-hybridized carbons (Fsp3) is 0.250. The molecule has 2 aromatic carbocycles. The summed E-state index contributed by atoms with van der Waals surface area (Å²) in [5, 5.41) is 0. The average molecular weight is 380 g/mol. The van der Waals surface area contributed by atoms with Crippen molar-refractivity contribution in [1.29, 1.82) is 0 Å². The lowest BCUT2D eigenvalue weighted by molar-refractivity contribution is -0.138. The van der Waals surface area contributed by atoms with E-state index in [0.717, 1.165) is 12.1 Å². The summed E-state index contributed by atoms with van der Waals surface area (Å²) in [7, 11) is 2.92. The molecule has 0 unspecified atom stereocenters. The lowest BCUT2D eigenvalue weighted by atomic mass is 9.95. The Morgan fingerprint density at radius 1 is 1.00 bits per heavy atom. The monoisotopic (exact) mass is 380 g/mol. The second kappa shape index (κ2) is 8.62. The second-order valence-electron chi connectivity index (χ2n) is 5.46. The maximum absolute atomic E-state index is 13.1. The van der Waals surface area contributed by atoms with Crippen molar-refractivity contribution >= 4 is 11.5 Å². The summed E-state index contributed by atoms with van der Waals surface area (Å²) < 4.78 is 54.6. The van der Waals surface area contributed by atoms with Crippen molar-refractivity contribution in [3.63, 3.8) is 0 Å². The van der Waals surface area contributed by atoms with E-state index < -0.39 is 17.7 Å². The highest BCUT2D eigenvalue weighted by molar-refractivity contribution is 5.96. The summed E-state index contributed by atoms with van der Waals surface area (Å²) in [6.45, 7) is 1.79. The molecule has 0 aliphatic rings. The minimum Gasteiger partial charge on any atom is -0.493 e. The van der Waals surface area contributed by atoms with Crippen LogP contribution in [0.3, 0.4) is 0 Å². The lowest BCUT2D eigenvalue weighted by Crippen LogP contribution is -2.06. The van der Waals surface area contributed by atoms with E-state index in [2.05, 4.69) is 0 Å². The van der Waals surface area contributed by atoms with Crippen LogP contribution in [0.2, 0.25) is 0 Å². The second-order valence-corrected chi connectivity index (χ2v) is 5.46. The van der Waals surface area contributed by atoms with Crippen LogP contribution < -0.4 is 9.47 Å². The van der Waals surface area contributed by atoms with Gasteiger partial charge in [-0.1, -0.05) is 18.2 Å². The number of hydrogen-bond donors (Lipinski definition) is 0. The van der Waals surface area contributed by atoms with Crippen LogP contribution in [0, 0.1) is 0 Å². The quantitative estimate of drug-likeness (QED) is 0.537. The van der Waals surface area contributed by atoms with Gasteiger partial charge in [-0.3, -0.25) is 0 Å². The number of hydrogen-bond acceptors (Lipinski definition) is 4. The molecule has 0 amide bonds. The normalized spacial score (nSPS) is 11.9. The zero-order valence-electron chi connectivity index (χ0n) is 15.1. The Kier molecular flexibility index (Phi) is 6.50. The van der Waals surface area contributed by atoms with Gasteiger partial charge in [-0.25, -0.2) is 4.79 Å². The third-order valence-corrected chi connectivity index (χ3v) is 3.74. The summed E-state index contributed by atoms with van der Waals surface area (Å²) in [5.74, 6) is 0.192. The molecular weight excluding hydrogens is 361 g/mol. The van der Waals surface area contributed by atoms with E-state index in [1.807, 2.05) is 0 Å². The Morgan fingerprint density at radius 3 is 2.26 bits per heavy atom. The molecule has 0 spiro atoms. The average Bonchev–Trinajstić information content (AvgIpc) is 2.65. The fourth-order valence-corrected chi connectivity index (χ4v) is 2.50. The molecule has 0 saturated heterocycles. The highest BCUT2D eigenvalue weighted by Crippen LogP contribution is 2.35. The van der Waals surface area contributed by atoms with Crippen LogP contribution in [-0.2, 0) is 15.7 Å². The number of carbonyl (C=O) groups is 1. The predicted molar refractivity (Wildman–Crippen MR) is 94.7 cm³/mol. The molecule has 2 rings (SSSR count). The molecule has 0 bridgehead atoms. The van der Waals surface area contributed by atoms with Gasteiger partial charge in [0.15, 0.2) is 11.5 Å². The first kappa shape index (κ1) is 20.4. The van der Waals surface area contributed by atoms with Crippen LogP contribution in [0.25, 0.3) is 5.57 Å². The molecule has 2 aromatic rings. The Bertz CT molecular complexity index is 841. The Labute approximate surface area is 155 Å². The van der Waals surface area contributed by atoms with Crippen molar-refractivity contribution in [2.45, 2.75) is 13.1 Å². The summed E-state index contributed by atoms with van der Waals surface area (Å²) >= 11 is 0. The number of halogens is 3. The van der Waals surface area contributed by atoms with Crippen molar-refractivity contribution < 1.29 is 32.2 Å². The van der Waals surface area contributed by atoms with Crippen molar-refractivity contribution in [3.05, 3.63) is 65.2 Å². The number of benzene rings is 2. The first-order chi connectivity index (χ1) is 12.8. The number of alkyl halides is 3. The number of esters is 1. The number of methoxy groups -OCH3 is 2. The molecule has 0 aromatic heterocycles. The molecule has 0 radical (unpaired) electrons. The third-order valence-electron chi connectivity index (χ3n) is 3.74. The molecule has 7 heteroatoms. The Morgan fingerprint density at radius 2 is 1.67 bits per heavy atom. The molecule has 0 aliphatic heterocycles. The van der Waals surface area contributed by atoms with Gasteiger partial charge in [-0.15, -0.1) is 0 Å². The Hall–Kier alpha value is -2.96. The molecule has 144 valence electrons. The molecule has 4 nitrogen and oxygen atoms in total. The van der Waals surface area contributed by atoms with Crippen molar-refractivity contribution in [1.82, 2.24) is 0 Å². The third kappa shape index (κ3) is 5.03. The molecule has 27 heavy (non-hydrogen) atoms. The van der Waals surface area contributed by atoms with E-state index in [9.17, 15) is 18.0 Å². The zero-order valence-corrected chi connectivity index (χ0v) is 15.1. The van der Waals surface area contributed by atoms with Crippen LogP contribution in [-0.4, -0.2) is 26.8 Å². The molecule has 0 atom stereocenters. The molecule has 0 N–H and O–H groups in total. The largest absolute Gasteiger partial charge is 0.493 e.